The van der Waals surface area contributed by atoms with Crippen LogP contribution < -0.4 is 5.73 Å². The van der Waals surface area contributed by atoms with Crippen LogP contribution in [-0.2, 0) is 74.2 Å². The van der Waals surface area contributed by atoms with Crippen molar-refractivity contribution in [3.05, 3.63) is 96.6 Å². The first-order chi connectivity index (χ1) is 31.8. The van der Waals surface area contributed by atoms with Crippen molar-refractivity contribution in [2.75, 3.05) is 34.2 Å². The number of aryl methyl sites for hydroxylation is 1. The predicted octanol–water partition coefficient (Wildman–Crippen LogP) is 9.92. The molecule has 22 nitrogen and oxygen atoms in total. The molecule has 1 radical (unpaired) electrons. The van der Waals surface area contributed by atoms with Crippen LogP contribution >= 0.6 is 12.0 Å². The van der Waals surface area contributed by atoms with Crippen molar-refractivity contribution in [2.45, 2.75) is 26.5 Å². The van der Waals surface area contributed by atoms with Crippen LogP contribution in [0.1, 0.15) is 5.56 Å². The maximum absolute atomic E-state index is 12.9. The molecule has 0 aliphatic heterocycles. The first kappa shape index (κ1) is 51.2. The van der Waals surface area contributed by atoms with Gasteiger partial charge in [0.2, 0.25) is 0 Å². The fourth-order valence-electron chi connectivity index (χ4n) is 6.55. The van der Waals surface area contributed by atoms with Crippen molar-refractivity contribution in [1.29, 1.82) is 0 Å². The van der Waals surface area contributed by atoms with Gasteiger partial charge in [-0.05, 0) is 77.9 Å². The molecule has 0 bridgehead atoms. The van der Waals surface area contributed by atoms with Gasteiger partial charge in [0.15, 0.2) is 5.75 Å². The molecular weight excluding hydrogens is 1020 g/mol. The van der Waals surface area contributed by atoms with Gasteiger partial charge in [-0.15, -0.1) is 19.7 Å². The molecule has 0 unspecified atom stereocenters. The number of aromatic hydroxyl groups is 3. The molecule has 5 N–H and O–H groups in total. The summed E-state index contributed by atoms with van der Waals surface area (Å²) in [6, 6.07) is 20.5. The Balaban J connectivity index is 0.00000761. The van der Waals surface area contributed by atoms with E-state index in [4.69, 9.17) is 14.3 Å². The standard InChI is InChI=1S/C41H35N7O15S4.Cu/c1-21-13-32(33(49)20-31(21)45-44-25-17-29-27(37(18-25)67(56,57)61-5)7-6-8-36(29)66(54,55)60-4)46-48-40-35(64-63-62-58-2)15-22-9-11-24(16-28(22)41(40)51)43-47-39-30(42)12-10-23-14-26(65(52,53)59-3)19-34(50)38(23)39;/h6-20,49-51H,42H2,1-5H3;. The van der Waals surface area contributed by atoms with E-state index in [1.54, 1.807) is 25.1 Å². The van der Waals surface area contributed by atoms with E-state index in [1.165, 1.54) is 67.8 Å². The minimum Gasteiger partial charge on any atom is -0.507 e. The summed E-state index contributed by atoms with van der Waals surface area (Å²) >= 11 is 0.616. The second kappa shape index (κ2) is 20.6. The smallest absolute Gasteiger partial charge is 0.297 e. The van der Waals surface area contributed by atoms with Gasteiger partial charge in [0.05, 0.1) is 78.4 Å². The number of benzene rings is 7. The van der Waals surface area contributed by atoms with Crippen LogP contribution in [0.5, 0.6) is 17.2 Å². The number of phenolic OH excluding ortho intramolecular Hbond substituents is 3. The zero-order chi connectivity index (χ0) is 48.4. The Morgan fingerprint density at radius 1 is 0.574 bits per heavy atom. The Hall–Kier alpha value is -6.20. The molecule has 0 spiro atoms. The molecule has 359 valence electrons. The maximum Gasteiger partial charge on any atom is 0.297 e. The van der Waals surface area contributed by atoms with Crippen molar-refractivity contribution < 1.29 is 84.5 Å². The number of anilines is 1. The van der Waals surface area contributed by atoms with Crippen molar-refractivity contribution >= 4 is 115 Å². The third-order valence-corrected chi connectivity index (χ3v) is 14.3. The number of hydrogen-bond acceptors (Lipinski definition) is 23. The van der Waals surface area contributed by atoms with E-state index in [1.807, 2.05) is 0 Å². The molecule has 27 heteroatoms. The van der Waals surface area contributed by atoms with E-state index in [9.17, 15) is 40.6 Å². The van der Waals surface area contributed by atoms with Crippen LogP contribution in [0.15, 0.2) is 141 Å². The Morgan fingerprint density at radius 2 is 1.22 bits per heavy atom. The summed E-state index contributed by atoms with van der Waals surface area (Å²) in [7, 11) is -8.72. The van der Waals surface area contributed by atoms with Gasteiger partial charge in [-0.2, -0.15) is 40.6 Å². The van der Waals surface area contributed by atoms with E-state index in [0.29, 0.717) is 23.0 Å². The first-order valence-electron chi connectivity index (χ1n) is 18.8. The summed E-state index contributed by atoms with van der Waals surface area (Å²) < 4.78 is 95.0. The molecule has 68 heavy (non-hydrogen) atoms. The SMILES string of the molecule is COOOSc1cc2ccc(N=Nc3c(N)ccc4cc(S(=O)(=O)OC)cc(O)c34)cc2c(O)c1N=Nc1cc(C)c(N=Nc2cc(S(=O)(=O)OC)c3cccc(S(=O)(=O)OC)c3c2)cc1O.[Cu]. The summed E-state index contributed by atoms with van der Waals surface area (Å²) in [5.74, 6) is -1.30. The third-order valence-electron chi connectivity index (χ3n) is 9.81. The van der Waals surface area contributed by atoms with Crippen LogP contribution in [0, 0.1) is 6.92 Å². The van der Waals surface area contributed by atoms with Crippen LogP contribution in [0.3, 0.4) is 0 Å². The largest absolute Gasteiger partial charge is 0.507 e. The molecule has 0 aromatic heterocycles. The quantitative estimate of drug-likeness (QED) is 0.0102. The van der Waals surface area contributed by atoms with Crippen LogP contribution in [0.25, 0.3) is 32.3 Å². The molecule has 0 saturated heterocycles. The molecule has 0 amide bonds. The number of nitrogens with zero attached hydrogens (tertiary/aromatic N) is 6. The molecule has 0 fully saturated rings. The Labute approximate surface area is 402 Å². The Kier molecular flexibility index (Phi) is 15.5. The fourth-order valence-corrected chi connectivity index (χ4v) is 9.57. The summed E-state index contributed by atoms with van der Waals surface area (Å²) in [6.07, 6.45) is 0. The molecule has 7 aromatic rings. The van der Waals surface area contributed by atoms with Gasteiger partial charge in [0, 0.05) is 45.4 Å². The molecule has 0 atom stereocenters. The number of fused-ring (bicyclic) bond motifs is 3. The molecular formula is C41H35CuN7O15S4. The zero-order valence-corrected chi connectivity index (χ0v) is 39.8. The number of hydrogen-bond donors (Lipinski definition) is 4. The van der Waals surface area contributed by atoms with Crippen LogP contribution in [0.4, 0.5) is 39.8 Å². The second-order valence-electron chi connectivity index (χ2n) is 13.8. The average molecular weight is 1060 g/mol. The maximum atomic E-state index is 12.9. The van der Waals surface area contributed by atoms with E-state index in [0.717, 1.165) is 33.5 Å². The fraction of sp³-hybridized carbons (Fsp3) is 0.122. The van der Waals surface area contributed by atoms with E-state index < -0.39 is 47.6 Å². The summed E-state index contributed by atoms with van der Waals surface area (Å²) in [4.78, 5) is 3.69. The number of nitrogens with two attached hydrogens (primary N) is 1. The van der Waals surface area contributed by atoms with E-state index in [-0.39, 0.29) is 103 Å². The van der Waals surface area contributed by atoms with Gasteiger partial charge in [-0.25, -0.2) is 4.89 Å². The molecule has 7 aromatic carbocycles. The summed E-state index contributed by atoms with van der Waals surface area (Å²) in [5, 5.41) is 64.4. The number of azo groups is 3. The summed E-state index contributed by atoms with van der Waals surface area (Å²) in [6.45, 7) is 1.61. The van der Waals surface area contributed by atoms with E-state index in [2.05, 4.69) is 49.0 Å². The van der Waals surface area contributed by atoms with Gasteiger partial charge in [0.25, 0.3) is 30.4 Å². The predicted molar refractivity (Wildman–Crippen MR) is 243 cm³/mol. The first-order valence-corrected chi connectivity index (χ1v) is 23.8. The van der Waals surface area contributed by atoms with Crippen LogP contribution in [-0.4, -0.2) is 69.0 Å². The van der Waals surface area contributed by atoms with Crippen molar-refractivity contribution in [3.63, 3.8) is 0 Å². The second-order valence-corrected chi connectivity index (χ2v) is 19.6. The monoisotopic (exact) mass is 1060 g/mol. The van der Waals surface area contributed by atoms with E-state index >= 15 is 0 Å². The minimum absolute atomic E-state index is 0. The van der Waals surface area contributed by atoms with Crippen LogP contribution in [0.2, 0.25) is 0 Å². The number of rotatable bonds is 16. The normalized spacial score (nSPS) is 12.6. The minimum atomic E-state index is -4.38. The Morgan fingerprint density at radius 3 is 1.93 bits per heavy atom. The summed E-state index contributed by atoms with van der Waals surface area (Å²) in [5.41, 5.74) is 6.75. The van der Waals surface area contributed by atoms with Crippen molar-refractivity contribution in [3.8, 4) is 17.2 Å². The molecule has 0 saturated carbocycles. The van der Waals surface area contributed by atoms with Gasteiger partial charge in [-0.1, -0.05) is 29.3 Å². The van der Waals surface area contributed by atoms with Crippen molar-refractivity contribution in [1.82, 2.24) is 0 Å². The average Bonchev–Trinajstić information content (AvgIpc) is 3.31. The van der Waals surface area contributed by atoms with Gasteiger partial charge >= 0.3 is 0 Å². The number of nitrogen functional groups attached to an aromatic ring is 1. The van der Waals surface area contributed by atoms with Gasteiger partial charge < -0.3 is 21.1 Å². The zero-order valence-electron chi connectivity index (χ0n) is 35.6. The Bertz CT molecular complexity index is 3580. The molecule has 0 aliphatic carbocycles. The molecule has 0 aliphatic rings. The third kappa shape index (κ3) is 10.4. The molecule has 0 heterocycles. The van der Waals surface area contributed by atoms with Gasteiger partial charge in [0.1, 0.15) is 38.4 Å². The van der Waals surface area contributed by atoms with Crippen molar-refractivity contribution in [2.24, 2.45) is 30.7 Å². The topological polar surface area (TPSA) is 319 Å². The molecule has 7 rings (SSSR count). The number of phenols is 3. The van der Waals surface area contributed by atoms with Gasteiger partial charge in [-0.3, -0.25) is 12.5 Å².